The lowest BCUT2D eigenvalue weighted by molar-refractivity contribution is 0.0744. The number of aliphatic hydroxyl groups is 1. The number of hydrogen-bond acceptors (Lipinski definition) is 6. The molecule has 29 heavy (non-hydrogen) atoms. The van der Waals surface area contributed by atoms with Crippen molar-refractivity contribution in [2.24, 2.45) is 0 Å². The molecule has 0 bridgehead atoms. The second-order valence-electron chi connectivity index (χ2n) is 8.12. The predicted octanol–water partition coefficient (Wildman–Crippen LogP) is 2.36. The molecule has 156 valence electrons. The quantitative estimate of drug-likeness (QED) is 0.820. The van der Waals surface area contributed by atoms with Gasteiger partial charge in [-0.25, -0.2) is 4.79 Å². The van der Waals surface area contributed by atoms with Crippen LogP contribution in [-0.2, 0) is 6.42 Å². The largest absolute Gasteiger partial charge is 0.393 e. The van der Waals surface area contributed by atoms with E-state index in [0.717, 1.165) is 12.8 Å². The summed E-state index contributed by atoms with van der Waals surface area (Å²) in [5, 5.41) is 13.5. The van der Waals surface area contributed by atoms with Gasteiger partial charge in [-0.05, 0) is 42.0 Å². The molecule has 0 aliphatic carbocycles. The van der Waals surface area contributed by atoms with Gasteiger partial charge in [-0.15, -0.1) is 0 Å². The van der Waals surface area contributed by atoms with Gasteiger partial charge in [0.05, 0.1) is 12.0 Å². The van der Waals surface area contributed by atoms with E-state index in [0.29, 0.717) is 44.9 Å². The van der Waals surface area contributed by atoms with Crippen molar-refractivity contribution in [1.29, 1.82) is 0 Å². The molecule has 0 radical (unpaired) electrons. The van der Waals surface area contributed by atoms with Crippen LogP contribution in [0.15, 0.2) is 28.8 Å². The molecule has 2 saturated heterocycles. The Bertz CT molecular complexity index is 829. The van der Waals surface area contributed by atoms with Gasteiger partial charge in [0.25, 0.3) is 5.95 Å². The molecule has 2 aromatic rings. The average Bonchev–Trinajstić information content (AvgIpc) is 3.20. The van der Waals surface area contributed by atoms with Crippen LogP contribution in [0, 0.1) is 0 Å². The van der Waals surface area contributed by atoms with E-state index in [1.807, 2.05) is 9.80 Å². The number of nitrogen functional groups attached to an aromatic ring is 1. The first-order chi connectivity index (χ1) is 14.0. The number of nitrogens with zero attached hydrogens (tertiary/aromatic N) is 4. The SMILES string of the molecule is CCc1ccc(C2CC(c3nc(N)no3)CN(C(=O)N3CCC(O)CC3)C2)cc1. The van der Waals surface area contributed by atoms with E-state index < -0.39 is 0 Å². The van der Waals surface area contributed by atoms with Gasteiger partial charge in [-0.3, -0.25) is 0 Å². The lowest BCUT2D eigenvalue weighted by Gasteiger charge is -2.40. The van der Waals surface area contributed by atoms with Crippen molar-refractivity contribution in [2.75, 3.05) is 31.9 Å². The molecule has 1 aromatic carbocycles. The molecular formula is C21H29N5O3. The van der Waals surface area contributed by atoms with Crippen LogP contribution in [0.3, 0.4) is 0 Å². The minimum Gasteiger partial charge on any atom is -0.393 e. The van der Waals surface area contributed by atoms with E-state index in [-0.39, 0.29) is 29.9 Å². The highest BCUT2D eigenvalue weighted by atomic mass is 16.5. The molecule has 2 amide bonds. The number of aromatic nitrogens is 2. The number of aryl methyl sites for hydroxylation is 1. The van der Waals surface area contributed by atoms with Crippen molar-refractivity contribution in [3.05, 3.63) is 41.3 Å². The second kappa shape index (κ2) is 8.41. The lowest BCUT2D eigenvalue weighted by atomic mass is 9.84. The normalized spacial score (nSPS) is 23.4. The van der Waals surface area contributed by atoms with Gasteiger partial charge in [0, 0.05) is 32.1 Å². The fraction of sp³-hybridized carbons (Fsp3) is 0.571. The zero-order chi connectivity index (χ0) is 20.4. The topological polar surface area (TPSA) is 109 Å². The molecule has 8 nitrogen and oxygen atoms in total. The van der Waals surface area contributed by atoms with Gasteiger partial charge >= 0.3 is 6.03 Å². The molecule has 0 spiro atoms. The zero-order valence-corrected chi connectivity index (χ0v) is 16.8. The summed E-state index contributed by atoms with van der Waals surface area (Å²) in [7, 11) is 0. The number of rotatable bonds is 3. The summed E-state index contributed by atoms with van der Waals surface area (Å²) < 4.78 is 5.34. The van der Waals surface area contributed by atoms with Crippen LogP contribution in [0.4, 0.5) is 10.7 Å². The highest BCUT2D eigenvalue weighted by Crippen LogP contribution is 2.36. The fourth-order valence-electron chi connectivity index (χ4n) is 4.37. The van der Waals surface area contributed by atoms with Crippen LogP contribution in [0.25, 0.3) is 0 Å². The Morgan fingerprint density at radius 2 is 1.86 bits per heavy atom. The summed E-state index contributed by atoms with van der Waals surface area (Å²) >= 11 is 0. The van der Waals surface area contributed by atoms with E-state index >= 15 is 0 Å². The van der Waals surface area contributed by atoms with Gasteiger partial charge in [-0.2, -0.15) is 4.98 Å². The van der Waals surface area contributed by atoms with Crippen molar-refractivity contribution in [3.63, 3.8) is 0 Å². The summed E-state index contributed by atoms with van der Waals surface area (Å²) in [6.07, 6.45) is 2.78. The lowest BCUT2D eigenvalue weighted by Crippen LogP contribution is -2.51. The number of carbonyl (C=O) groups excluding carboxylic acids is 1. The number of anilines is 1. The van der Waals surface area contributed by atoms with E-state index in [1.165, 1.54) is 11.1 Å². The van der Waals surface area contributed by atoms with Crippen LogP contribution in [-0.4, -0.2) is 63.4 Å². The first kappa shape index (κ1) is 19.7. The maximum absolute atomic E-state index is 13.2. The first-order valence-electron chi connectivity index (χ1n) is 10.4. The van der Waals surface area contributed by atoms with Crippen LogP contribution in [0.5, 0.6) is 0 Å². The Labute approximate surface area is 170 Å². The maximum Gasteiger partial charge on any atom is 0.320 e. The number of aliphatic hydroxyl groups excluding tert-OH is 1. The minimum absolute atomic E-state index is 0.0178. The van der Waals surface area contributed by atoms with Gasteiger partial charge in [-0.1, -0.05) is 31.2 Å². The van der Waals surface area contributed by atoms with Gasteiger partial charge < -0.3 is 25.2 Å². The predicted molar refractivity (Wildman–Crippen MR) is 108 cm³/mol. The van der Waals surface area contributed by atoms with Crippen molar-refractivity contribution < 1.29 is 14.4 Å². The number of amides is 2. The molecule has 1 aromatic heterocycles. The molecule has 0 saturated carbocycles. The summed E-state index contributed by atoms with van der Waals surface area (Å²) in [5.74, 6) is 0.748. The molecule has 2 fully saturated rings. The van der Waals surface area contributed by atoms with Crippen molar-refractivity contribution in [2.45, 2.75) is 50.5 Å². The number of piperidine rings is 2. The third-order valence-corrected chi connectivity index (χ3v) is 6.12. The summed E-state index contributed by atoms with van der Waals surface area (Å²) in [5.41, 5.74) is 8.17. The molecule has 2 atom stereocenters. The summed E-state index contributed by atoms with van der Waals surface area (Å²) in [4.78, 5) is 21.2. The van der Waals surface area contributed by atoms with Gasteiger partial charge in [0.2, 0.25) is 5.89 Å². The van der Waals surface area contributed by atoms with Gasteiger partial charge in [0.15, 0.2) is 0 Å². The summed E-state index contributed by atoms with van der Waals surface area (Å²) in [6.45, 7) is 4.50. The fourth-order valence-corrected chi connectivity index (χ4v) is 4.37. The number of urea groups is 1. The standard InChI is InChI=1S/C21H29N5O3/c1-2-14-3-5-15(6-4-14)16-11-17(19-23-20(22)24-29-19)13-26(12-16)21(28)25-9-7-18(27)8-10-25/h3-6,16-18,27H,2,7-13H2,1H3,(H2,22,24). The molecule has 8 heteroatoms. The Morgan fingerprint density at radius 3 is 2.48 bits per heavy atom. The Balaban J connectivity index is 1.55. The average molecular weight is 399 g/mol. The third-order valence-electron chi connectivity index (χ3n) is 6.12. The molecule has 3 N–H and O–H groups in total. The monoisotopic (exact) mass is 399 g/mol. The zero-order valence-electron chi connectivity index (χ0n) is 16.8. The van der Waals surface area contributed by atoms with Crippen LogP contribution in [0.1, 0.15) is 55.0 Å². The first-order valence-corrected chi connectivity index (χ1v) is 10.4. The number of benzene rings is 1. The smallest absolute Gasteiger partial charge is 0.320 e. The Hall–Kier alpha value is -2.61. The molecule has 2 aliphatic heterocycles. The number of nitrogens with two attached hydrogens (primary N) is 1. The maximum atomic E-state index is 13.2. The van der Waals surface area contributed by atoms with E-state index in [2.05, 4.69) is 41.3 Å². The number of carbonyl (C=O) groups is 1. The summed E-state index contributed by atoms with van der Waals surface area (Å²) in [6, 6.07) is 8.65. The van der Waals surface area contributed by atoms with E-state index in [4.69, 9.17) is 10.3 Å². The molecule has 4 rings (SSSR count). The molecule has 2 unspecified atom stereocenters. The molecule has 2 aliphatic rings. The number of likely N-dealkylation sites (tertiary alicyclic amines) is 2. The highest BCUT2D eigenvalue weighted by Gasteiger charge is 2.36. The Kier molecular flexibility index (Phi) is 5.71. The Morgan fingerprint density at radius 1 is 1.17 bits per heavy atom. The van der Waals surface area contributed by atoms with Gasteiger partial charge in [0.1, 0.15) is 0 Å². The molecule has 3 heterocycles. The van der Waals surface area contributed by atoms with Crippen molar-refractivity contribution in [3.8, 4) is 0 Å². The number of hydrogen-bond donors (Lipinski definition) is 2. The van der Waals surface area contributed by atoms with E-state index in [9.17, 15) is 9.90 Å². The van der Waals surface area contributed by atoms with E-state index in [1.54, 1.807) is 0 Å². The third kappa shape index (κ3) is 4.37. The minimum atomic E-state index is -0.306. The van der Waals surface area contributed by atoms with Crippen molar-refractivity contribution >= 4 is 12.0 Å². The molecular weight excluding hydrogens is 370 g/mol. The highest BCUT2D eigenvalue weighted by molar-refractivity contribution is 5.75. The van der Waals surface area contributed by atoms with Crippen molar-refractivity contribution in [1.82, 2.24) is 19.9 Å². The van der Waals surface area contributed by atoms with Crippen LogP contribution < -0.4 is 5.73 Å². The second-order valence-corrected chi connectivity index (χ2v) is 8.12. The van der Waals surface area contributed by atoms with Crippen LogP contribution >= 0.6 is 0 Å². The van der Waals surface area contributed by atoms with Crippen LogP contribution in [0.2, 0.25) is 0 Å².